The molecule has 0 aromatic rings. The van der Waals surface area contributed by atoms with Crippen LogP contribution in [0, 0.1) is 0 Å². The summed E-state index contributed by atoms with van der Waals surface area (Å²) in [6.07, 6.45) is 0. The summed E-state index contributed by atoms with van der Waals surface area (Å²) in [4.78, 5) is 1.35. The molecule has 0 saturated carbocycles. The molecule has 0 bridgehead atoms. The molecule has 2 heteroatoms. The van der Waals surface area contributed by atoms with Gasteiger partial charge in [0, 0.05) is 0 Å². The first-order chi connectivity index (χ1) is 2.56. The van der Waals surface area contributed by atoms with Gasteiger partial charge in [-0.2, -0.15) is 0 Å². The molecule has 0 heterocycles. The molecule has 0 N–H and O–H groups in total. The second kappa shape index (κ2) is 2.18. The van der Waals surface area contributed by atoms with E-state index in [9.17, 15) is 0 Å². The molecule has 0 aliphatic heterocycles. The van der Waals surface area contributed by atoms with E-state index in [1.54, 1.807) is 0 Å². The molecule has 2 radical (unpaired) electrons. The fourth-order valence-corrected chi connectivity index (χ4v) is 0. The Morgan fingerprint density at radius 3 is 1.50 bits per heavy atom. The number of hydrogen-bond donors (Lipinski definition) is 0. The van der Waals surface area contributed by atoms with Crippen LogP contribution in [0.5, 0.6) is 0 Å². The van der Waals surface area contributed by atoms with Gasteiger partial charge in [0.05, 0.1) is 0 Å². The fraction of sp³-hybridized carbons (Fsp3) is 1.00. The standard InChI is InChI=1S/C4H11AsSi/c1-6(2,3)4-5/h4H2,1-3H3. The van der Waals surface area contributed by atoms with Crippen molar-refractivity contribution >= 4 is 24.9 Å². The van der Waals surface area contributed by atoms with Gasteiger partial charge in [-0.3, -0.25) is 0 Å². The van der Waals surface area contributed by atoms with Crippen molar-refractivity contribution < 1.29 is 0 Å². The van der Waals surface area contributed by atoms with Crippen molar-refractivity contribution in [1.29, 1.82) is 0 Å². The van der Waals surface area contributed by atoms with E-state index in [4.69, 9.17) is 0 Å². The van der Waals surface area contributed by atoms with E-state index in [2.05, 4.69) is 36.5 Å². The minimum absolute atomic E-state index is 0.659. The van der Waals surface area contributed by atoms with E-state index in [0.717, 1.165) is 0 Å². The van der Waals surface area contributed by atoms with Crippen LogP contribution in [-0.4, -0.2) is 24.9 Å². The van der Waals surface area contributed by atoms with Gasteiger partial charge in [-0.1, -0.05) is 0 Å². The van der Waals surface area contributed by atoms with Crippen molar-refractivity contribution in [1.82, 2.24) is 0 Å². The van der Waals surface area contributed by atoms with Gasteiger partial charge < -0.3 is 0 Å². The molecule has 0 aliphatic carbocycles. The molecule has 36 valence electrons. The third kappa shape index (κ3) is 4.78. The van der Waals surface area contributed by atoms with Gasteiger partial charge in [0.25, 0.3) is 0 Å². The van der Waals surface area contributed by atoms with Gasteiger partial charge in [-0.25, -0.2) is 0 Å². The van der Waals surface area contributed by atoms with E-state index in [1.807, 2.05) is 0 Å². The topological polar surface area (TPSA) is 0 Å². The van der Waals surface area contributed by atoms with E-state index in [-0.39, 0.29) is 0 Å². The summed E-state index contributed by atoms with van der Waals surface area (Å²) >= 11 is 2.66. The Bertz CT molecular complexity index is 37.3. The predicted octanol–water partition coefficient (Wildman–Crippen LogP) is 1.45. The van der Waals surface area contributed by atoms with Crippen molar-refractivity contribution in [2.75, 3.05) is 0 Å². The van der Waals surface area contributed by atoms with Crippen molar-refractivity contribution in [3.63, 3.8) is 0 Å². The monoisotopic (exact) mass is 162 g/mol. The van der Waals surface area contributed by atoms with Crippen molar-refractivity contribution in [2.24, 2.45) is 0 Å². The molecular formula is C4H11AsSi. The van der Waals surface area contributed by atoms with Crippen LogP contribution in [0.25, 0.3) is 0 Å². The normalized spacial score (nSPS) is 12.0. The van der Waals surface area contributed by atoms with E-state index < -0.39 is 8.07 Å². The molecule has 6 heavy (non-hydrogen) atoms. The number of rotatable bonds is 1. The van der Waals surface area contributed by atoms with Crippen LogP contribution in [0.15, 0.2) is 0 Å². The molecule has 0 unspecified atom stereocenters. The zero-order chi connectivity index (χ0) is 5.21. The van der Waals surface area contributed by atoms with Crippen molar-refractivity contribution in [2.45, 2.75) is 24.5 Å². The summed E-state index contributed by atoms with van der Waals surface area (Å²) < 4.78 is 0. The van der Waals surface area contributed by atoms with Crippen LogP contribution in [0.3, 0.4) is 0 Å². The maximum atomic E-state index is 2.66. The average molecular weight is 162 g/mol. The Morgan fingerprint density at radius 2 is 1.50 bits per heavy atom. The Hall–Kier alpha value is 0.775. The van der Waals surface area contributed by atoms with Gasteiger partial charge in [0.15, 0.2) is 0 Å². The summed E-state index contributed by atoms with van der Waals surface area (Å²) in [7, 11) is -0.659. The maximum absolute atomic E-state index is 2.66. The second-order valence-corrected chi connectivity index (χ2v) is 10.1. The van der Waals surface area contributed by atoms with Crippen LogP contribution in [0.1, 0.15) is 0 Å². The minimum atomic E-state index is -0.659. The second-order valence-electron chi connectivity index (χ2n) is 2.72. The molecule has 0 atom stereocenters. The zero-order valence-electron chi connectivity index (χ0n) is 4.65. The summed E-state index contributed by atoms with van der Waals surface area (Å²) in [6.45, 7) is 7.10. The predicted molar refractivity (Wildman–Crippen MR) is 33.9 cm³/mol. The third-order valence-electron chi connectivity index (χ3n) is 0.474. The first-order valence-corrected chi connectivity index (χ1v) is 7.20. The summed E-state index contributed by atoms with van der Waals surface area (Å²) in [5, 5.41) is 0. The Balaban J connectivity index is 3.17. The van der Waals surface area contributed by atoms with Gasteiger partial charge in [-0.15, -0.1) is 0 Å². The van der Waals surface area contributed by atoms with E-state index in [1.165, 1.54) is 4.83 Å². The zero-order valence-corrected chi connectivity index (χ0v) is 7.53. The first kappa shape index (κ1) is 6.78. The molecule has 0 aromatic heterocycles. The van der Waals surface area contributed by atoms with Crippen LogP contribution >= 0.6 is 0 Å². The summed E-state index contributed by atoms with van der Waals surface area (Å²) in [5.74, 6) is 0. The van der Waals surface area contributed by atoms with Crippen molar-refractivity contribution in [3.05, 3.63) is 0 Å². The first-order valence-electron chi connectivity index (χ1n) is 2.17. The third-order valence-corrected chi connectivity index (χ3v) is 7.39. The summed E-state index contributed by atoms with van der Waals surface area (Å²) in [6, 6.07) is 0. The molecule has 0 fully saturated rings. The molecule has 0 aromatic carbocycles. The number of hydrogen-bond acceptors (Lipinski definition) is 0. The van der Waals surface area contributed by atoms with Crippen LogP contribution in [0.4, 0.5) is 0 Å². The summed E-state index contributed by atoms with van der Waals surface area (Å²) in [5.41, 5.74) is 0. The Labute approximate surface area is 49.8 Å². The van der Waals surface area contributed by atoms with E-state index >= 15 is 0 Å². The van der Waals surface area contributed by atoms with Crippen LogP contribution < -0.4 is 0 Å². The van der Waals surface area contributed by atoms with Gasteiger partial charge in [-0.05, 0) is 0 Å². The molecule has 0 amide bonds. The molecule has 0 rings (SSSR count). The molecule has 0 aliphatic rings. The van der Waals surface area contributed by atoms with Crippen molar-refractivity contribution in [3.8, 4) is 0 Å². The molecule has 0 spiro atoms. The molecule has 0 nitrogen and oxygen atoms in total. The van der Waals surface area contributed by atoms with Gasteiger partial charge in [0.2, 0.25) is 0 Å². The average Bonchev–Trinajstić information content (AvgIpc) is 1.35. The van der Waals surface area contributed by atoms with Gasteiger partial charge >= 0.3 is 49.4 Å². The quantitative estimate of drug-likeness (QED) is 0.512. The Morgan fingerprint density at radius 1 is 1.33 bits per heavy atom. The Kier molecular flexibility index (Phi) is 2.46. The molecule has 0 saturated heterocycles. The van der Waals surface area contributed by atoms with E-state index in [0.29, 0.717) is 0 Å². The van der Waals surface area contributed by atoms with Crippen LogP contribution in [-0.2, 0) is 0 Å². The van der Waals surface area contributed by atoms with Crippen LogP contribution in [0.2, 0.25) is 24.5 Å². The fourth-order valence-electron chi connectivity index (χ4n) is 0. The SMILES string of the molecule is C[Si](C)(C)C[As]. The molecular weight excluding hydrogens is 151 g/mol. The van der Waals surface area contributed by atoms with Gasteiger partial charge in [0.1, 0.15) is 0 Å².